The lowest BCUT2D eigenvalue weighted by Gasteiger charge is -2.31. The molecular formula is C22H24N2O5S. The van der Waals surface area contributed by atoms with Crippen LogP contribution in [0.25, 0.3) is 10.2 Å². The number of nitrogens with zero attached hydrogens (tertiary/aromatic N) is 2. The lowest BCUT2D eigenvalue weighted by Crippen LogP contribution is -2.43. The van der Waals surface area contributed by atoms with E-state index >= 15 is 0 Å². The molecule has 30 heavy (non-hydrogen) atoms. The van der Waals surface area contributed by atoms with Gasteiger partial charge in [-0.15, -0.1) is 0 Å². The number of fused-ring (bicyclic) bond motifs is 1. The normalized spacial score (nSPS) is 14.5. The molecule has 1 amide bonds. The second-order valence-corrected chi connectivity index (χ2v) is 7.94. The SMILES string of the molecule is COc1ccc2sc(OC3CCN(C(=O)COc4ccccc4OC)CC3)nc2c1. The lowest BCUT2D eigenvalue weighted by atomic mass is 10.1. The fraction of sp³-hybridized carbons (Fsp3) is 0.364. The van der Waals surface area contributed by atoms with Gasteiger partial charge in [0, 0.05) is 32.0 Å². The molecule has 1 aliphatic rings. The van der Waals surface area contributed by atoms with E-state index in [0.717, 1.165) is 28.8 Å². The van der Waals surface area contributed by atoms with Gasteiger partial charge in [0.25, 0.3) is 11.1 Å². The van der Waals surface area contributed by atoms with Gasteiger partial charge in [-0.3, -0.25) is 4.79 Å². The van der Waals surface area contributed by atoms with Gasteiger partial charge in [0.05, 0.1) is 24.4 Å². The number of methoxy groups -OCH3 is 2. The Morgan fingerprint density at radius 3 is 2.60 bits per heavy atom. The third kappa shape index (κ3) is 4.59. The molecule has 0 N–H and O–H groups in total. The number of hydrogen-bond donors (Lipinski definition) is 0. The minimum atomic E-state index is -0.0357. The van der Waals surface area contributed by atoms with Crippen LogP contribution in [0, 0.1) is 0 Å². The van der Waals surface area contributed by atoms with E-state index in [-0.39, 0.29) is 18.6 Å². The topological polar surface area (TPSA) is 70.1 Å². The van der Waals surface area contributed by atoms with Crippen LogP contribution in [0.4, 0.5) is 0 Å². The molecule has 7 nitrogen and oxygen atoms in total. The van der Waals surface area contributed by atoms with E-state index in [2.05, 4.69) is 4.98 Å². The molecule has 0 radical (unpaired) electrons. The van der Waals surface area contributed by atoms with Crippen molar-refractivity contribution in [2.75, 3.05) is 33.9 Å². The van der Waals surface area contributed by atoms with Crippen molar-refractivity contribution in [3.63, 3.8) is 0 Å². The molecule has 1 aromatic heterocycles. The molecule has 0 unspecified atom stereocenters. The Hall–Kier alpha value is -3.00. The number of aromatic nitrogens is 1. The van der Waals surface area contributed by atoms with E-state index in [9.17, 15) is 4.79 Å². The Labute approximate surface area is 179 Å². The number of likely N-dealkylation sites (tertiary alicyclic amines) is 1. The van der Waals surface area contributed by atoms with Crippen LogP contribution in [0.2, 0.25) is 0 Å². The summed E-state index contributed by atoms with van der Waals surface area (Å²) in [4.78, 5) is 18.9. The third-order valence-corrected chi connectivity index (χ3v) is 5.98. The number of rotatable bonds is 7. The molecule has 0 spiro atoms. The van der Waals surface area contributed by atoms with Crippen molar-refractivity contribution in [3.8, 4) is 22.4 Å². The van der Waals surface area contributed by atoms with Gasteiger partial charge < -0.3 is 23.8 Å². The predicted octanol–water partition coefficient (Wildman–Crippen LogP) is 3.76. The first kappa shape index (κ1) is 20.3. The average molecular weight is 429 g/mol. The fourth-order valence-electron chi connectivity index (χ4n) is 3.40. The van der Waals surface area contributed by atoms with Crippen molar-refractivity contribution in [3.05, 3.63) is 42.5 Å². The minimum absolute atomic E-state index is 0.00833. The van der Waals surface area contributed by atoms with Gasteiger partial charge >= 0.3 is 0 Å². The van der Waals surface area contributed by atoms with E-state index < -0.39 is 0 Å². The summed E-state index contributed by atoms with van der Waals surface area (Å²) < 4.78 is 23.3. The van der Waals surface area contributed by atoms with E-state index in [4.69, 9.17) is 18.9 Å². The van der Waals surface area contributed by atoms with Gasteiger partial charge in [-0.05, 0) is 24.3 Å². The largest absolute Gasteiger partial charge is 0.497 e. The zero-order valence-corrected chi connectivity index (χ0v) is 17.8. The second-order valence-electron chi connectivity index (χ2n) is 6.95. The molecule has 1 fully saturated rings. The summed E-state index contributed by atoms with van der Waals surface area (Å²) in [5, 5.41) is 0.655. The molecule has 158 valence electrons. The van der Waals surface area contributed by atoms with Gasteiger partial charge in [0.1, 0.15) is 11.9 Å². The summed E-state index contributed by atoms with van der Waals surface area (Å²) in [5.74, 6) is 1.93. The van der Waals surface area contributed by atoms with Crippen LogP contribution < -0.4 is 18.9 Å². The number of ether oxygens (including phenoxy) is 4. The third-order valence-electron chi connectivity index (χ3n) is 5.06. The van der Waals surface area contributed by atoms with Crippen LogP contribution in [-0.4, -0.2) is 55.8 Å². The van der Waals surface area contributed by atoms with Gasteiger partial charge in [-0.1, -0.05) is 23.5 Å². The second kappa shape index (κ2) is 9.21. The first-order valence-electron chi connectivity index (χ1n) is 9.81. The number of amides is 1. The first-order chi connectivity index (χ1) is 14.7. The van der Waals surface area contributed by atoms with Crippen molar-refractivity contribution in [1.29, 1.82) is 0 Å². The summed E-state index contributed by atoms with van der Waals surface area (Å²) in [6, 6.07) is 13.1. The van der Waals surface area contributed by atoms with Crippen LogP contribution in [0.3, 0.4) is 0 Å². The maximum atomic E-state index is 12.5. The molecule has 2 aromatic carbocycles. The van der Waals surface area contributed by atoms with E-state index in [1.54, 1.807) is 26.4 Å². The molecule has 8 heteroatoms. The van der Waals surface area contributed by atoms with Crippen molar-refractivity contribution in [2.24, 2.45) is 0 Å². The van der Waals surface area contributed by atoms with E-state index in [0.29, 0.717) is 29.8 Å². The first-order valence-corrected chi connectivity index (χ1v) is 10.6. The zero-order valence-electron chi connectivity index (χ0n) is 17.0. The van der Waals surface area contributed by atoms with Crippen LogP contribution >= 0.6 is 11.3 Å². The summed E-state index contributed by atoms with van der Waals surface area (Å²) in [6.07, 6.45) is 1.57. The van der Waals surface area contributed by atoms with Crippen molar-refractivity contribution in [1.82, 2.24) is 9.88 Å². The van der Waals surface area contributed by atoms with Crippen molar-refractivity contribution >= 4 is 27.5 Å². The maximum Gasteiger partial charge on any atom is 0.274 e. The highest BCUT2D eigenvalue weighted by molar-refractivity contribution is 7.20. The standard InChI is InChI=1S/C22H24N2O5S/c1-26-16-7-8-20-17(13-16)23-22(30-20)29-15-9-11-24(12-10-15)21(25)14-28-19-6-4-3-5-18(19)27-2/h3-8,13,15H,9-12,14H2,1-2H3. The summed E-state index contributed by atoms with van der Waals surface area (Å²) in [7, 11) is 3.22. The molecular weight excluding hydrogens is 404 g/mol. The Bertz CT molecular complexity index is 1010. The predicted molar refractivity (Wildman–Crippen MR) is 115 cm³/mol. The van der Waals surface area contributed by atoms with Crippen LogP contribution in [0.15, 0.2) is 42.5 Å². The molecule has 4 rings (SSSR count). The average Bonchev–Trinajstić information content (AvgIpc) is 3.19. The smallest absolute Gasteiger partial charge is 0.274 e. The number of hydrogen-bond acceptors (Lipinski definition) is 7. The molecule has 1 aliphatic heterocycles. The number of carbonyl (C=O) groups is 1. The van der Waals surface area contributed by atoms with Crippen LogP contribution in [-0.2, 0) is 4.79 Å². The van der Waals surface area contributed by atoms with Crippen molar-refractivity contribution in [2.45, 2.75) is 18.9 Å². The highest BCUT2D eigenvalue weighted by Crippen LogP contribution is 2.32. The number of benzene rings is 2. The van der Waals surface area contributed by atoms with Crippen LogP contribution in [0.5, 0.6) is 22.4 Å². The summed E-state index contributed by atoms with van der Waals surface area (Å²) in [6.45, 7) is 1.26. The molecule has 0 atom stereocenters. The zero-order chi connectivity index (χ0) is 20.9. The highest BCUT2D eigenvalue weighted by Gasteiger charge is 2.25. The fourth-order valence-corrected chi connectivity index (χ4v) is 4.26. The Morgan fingerprint density at radius 1 is 1.10 bits per heavy atom. The summed E-state index contributed by atoms with van der Waals surface area (Å²) >= 11 is 1.53. The van der Waals surface area contributed by atoms with Gasteiger partial charge in [0.15, 0.2) is 18.1 Å². The molecule has 1 saturated heterocycles. The molecule has 0 saturated carbocycles. The van der Waals surface area contributed by atoms with Gasteiger partial charge in [0.2, 0.25) is 0 Å². The lowest BCUT2D eigenvalue weighted by molar-refractivity contribution is -0.135. The van der Waals surface area contributed by atoms with Crippen LogP contribution in [0.1, 0.15) is 12.8 Å². The quantitative estimate of drug-likeness (QED) is 0.571. The minimum Gasteiger partial charge on any atom is -0.497 e. The summed E-state index contributed by atoms with van der Waals surface area (Å²) in [5.41, 5.74) is 0.871. The number of carbonyl (C=O) groups excluding carboxylic acids is 1. The Kier molecular flexibility index (Phi) is 6.23. The number of piperidine rings is 1. The Morgan fingerprint density at radius 2 is 1.87 bits per heavy atom. The van der Waals surface area contributed by atoms with E-state index in [1.807, 2.05) is 35.2 Å². The maximum absolute atomic E-state index is 12.5. The number of thiazole rings is 1. The molecule has 0 aliphatic carbocycles. The van der Waals surface area contributed by atoms with Crippen molar-refractivity contribution < 1.29 is 23.7 Å². The molecule has 0 bridgehead atoms. The number of para-hydroxylation sites is 2. The molecule has 2 heterocycles. The van der Waals surface area contributed by atoms with E-state index in [1.165, 1.54) is 11.3 Å². The Balaban J connectivity index is 1.28. The highest BCUT2D eigenvalue weighted by atomic mass is 32.1. The van der Waals surface area contributed by atoms with Gasteiger partial charge in [-0.25, -0.2) is 4.98 Å². The monoisotopic (exact) mass is 428 g/mol. The molecule has 3 aromatic rings. The van der Waals surface area contributed by atoms with Gasteiger partial charge in [-0.2, -0.15) is 0 Å².